The average molecular weight is 397 g/mol. The van der Waals surface area contributed by atoms with Crippen molar-refractivity contribution in [3.05, 3.63) is 86.3 Å². The molecule has 0 amide bonds. The van der Waals surface area contributed by atoms with Crippen LogP contribution in [0.2, 0.25) is 5.02 Å². The summed E-state index contributed by atoms with van der Waals surface area (Å²) < 4.78 is 11.3. The Balaban J connectivity index is 1.61. The maximum atomic E-state index is 12.6. The number of allylic oxidation sites excluding steroid dienone is 1. The number of thiophene rings is 1. The fourth-order valence-electron chi connectivity index (χ4n) is 2.73. The number of hydrogen-bond donors (Lipinski definition) is 0. The smallest absolute Gasteiger partial charge is 0.343 e. The lowest BCUT2D eigenvalue weighted by atomic mass is 10.1. The van der Waals surface area contributed by atoms with Gasteiger partial charge in [-0.05, 0) is 54.8 Å². The number of carbonyl (C=O) groups excluding carboxylic acids is 2. The molecule has 0 fully saturated rings. The molecule has 4 nitrogen and oxygen atoms in total. The van der Waals surface area contributed by atoms with E-state index in [1.807, 2.05) is 17.5 Å². The van der Waals surface area contributed by atoms with Gasteiger partial charge >= 0.3 is 5.97 Å². The number of halogens is 1. The first-order valence-corrected chi connectivity index (χ1v) is 9.38. The van der Waals surface area contributed by atoms with E-state index < -0.39 is 5.97 Å². The van der Waals surface area contributed by atoms with Crippen LogP contribution in [0, 0.1) is 6.92 Å². The van der Waals surface area contributed by atoms with Gasteiger partial charge in [0.2, 0.25) is 5.78 Å². The fourth-order valence-corrected chi connectivity index (χ4v) is 3.50. The van der Waals surface area contributed by atoms with Crippen molar-refractivity contribution in [2.45, 2.75) is 6.92 Å². The summed E-state index contributed by atoms with van der Waals surface area (Å²) in [7, 11) is 0. The van der Waals surface area contributed by atoms with Gasteiger partial charge in [0, 0.05) is 21.5 Å². The zero-order valence-electron chi connectivity index (χ0n) is 14.2. The minimum atomic E-state index is -0.506. The highest BCUT2D eigenvalue weighted by Gasteiger charge is 2.30. The van der Waals surface area contributed by atoms with E-state index in [1.165, 1.54) is 11.3 Å². The zero-order chi connectivity index (χ0) is 19.0. The van der Waals surface area contributed by atoms with Crippen LogP contribution in [0.4, 0.5) is 0 Å². The number of fused-ring (bicyclic) bond motifs is 1. The van der Waals surface area contributed by atoms with Gasteiger partial charge in [-0.3, -0.25) is 4.79 Å². The van der Waals surface area contributed by atoms with Gasteiger partial charge in [-0.1, -0.05) is 17.7 Å². The van der Waals surface area contributed by atoms with Gasteiger partial charge in [-0.2, -0.15) is 0 Å². The molecule has 4 rings (SSSR count). The van der Waals surface area contributed by atoms with Crippen LogP contribution < -0.4 is 9.47 Å². The second-order valence-corrected chi connectivity index (χ2v) is 7.33. The van der Waals surface area contributed by atoms with Crippen molar-refractivity contribution >= 4 is 40.8 Å². The Kier molecular flexibility index (Phi) is 4.56. The number of Topliss-reactive ketones (excluding diaryl/α,β-unsaturated/α-hetero) is 1. The molecular weight excluding hydrogens is 384 g/mol. The molecule has 3 aromatic rings. The Labute approximate surface area is 164 Å². The Bertz CT molecular complexity index is 1070. The predicted octanol–water partition coefficient (Wildman–Crippen LogP) is 5.55. The van der Waals surface area contributed by atoms with Crippen molar-refractivity contribution in [1.29, 1.82) is 0 Å². The average Bonchev–Trinajstić information content (AvgIpc) is 3.28. The molecular formula is C21H13ClO4S. The lowest BCUT2D eigenvalue weighted by Crippen LogP contribution is -2.09. The minimum Gasteiger partial charge on any atom is -0.452 e. The Morgan fingerprint density at radius 2 is 1.93 bits per heavy atom. The van der Waals surface area contributed by atoms with Gasteiger partial charge in [0.15, 0.2) is 5.76 Å². The summed E-state index contributed by atoms with van der Waals surface area (Å²) in [5.41, 5.74) is 1.44. The SMILES string of the molecule is Cc1c(OC(=O)c2ccc(Cl)cc2)ccc2c1O/C(=C\c1cccs1)C2=O. The normalized spacial score (nSPS) is 14.1. The molecule has 0 radical (unpaired) electrons. The fraction of sp³-hybridized carbons (Fsp3) is 0.0476. The van der Waals surface area contributed by atoms with Crippen LogP contribution in [-0.4, -0.2) is 11.8 Å². The molecule has 0 aliphatic carbocycles. The number of hydrogen-bond acceptors (Lipinski definition) is 5. The molecule has 1 aliphatic rings. The second-order valence-electron chi connectivity index (χ2n) is 5.92. The van der Waals surface area contributed by atoms with Crippen LogP contribution in [0.1, 0.15) is 31.2 Å². The molecule has 6 heteroatoms. The predicted molar refractivity (Wildman–Crippen MR) is 105 cm³/mol. The van der Waals surface area contributed by atoms with Crippen LogP contribution in [0.5, 0.6) is 11.5 Å². The van der Waals surface area contributed by atoms with Crippen LogP contribution in [0.3, 0.4) is 0 Å². The Hall–Kier alpha value is -2.89. The third-order valence-corrected chi connectivity index (χ3v) is 5.21. The third kappa shape index (κ3) is 3.39. The molecule has 1 aliphatic heterocycles. The third-order valence-electron chi connectivity index (χ3n) is 4.14. The zero-order valence-corrected chi connectivity index (χ0v) is 15.8. The number of rotatable bonds is 3. The molecule has 1 aromatic heterocycles. The summed E-state index contributed by atoms with van der Waals surface area (Å²) in [6.45, 7) is 1.75. The topological polar surface area (TPSA) is 52.6 Å². The summed E-state index contributed by atoms with van der Waals surface area (Å²) in [6.07, 6.45) is 1.71. The molecule has 0 atom stereocenters. The number of ketones is 1. The molecule has 0 bridgehead atoms. The first kappa shape index (κ1) is 17.5. The molecule has 27 heavy (non-hydrogen) atoms. The summed E-state index contributed by atoms with van der Waals surface area (Å²) in [4.78, 5) is 25.8. The molecule has 2 heterocycles. The van der Waals surface area contributed by atoms with Crippen molar-refractivity contribution in [2.24, 2.45) is 0 Å². The maximum Gasteiger partial charge on any atom is 0.343 e. The first-order chi connectivity index (χ1) is 13.0. The summed E-state index contributed by atoms with van der Waals surface area (Å²) >= 11 is 7.36. The van der Waals surface area contributed by atoms with E-state index in [-0.39, 0.29) is 11.5 Å². The summed E-state index contributed by atoms with van der Waals surface area (Å²) in [5, 5.41) is 2.47. The first-order valence-electron chi connectivity index (χ1n) is 8.12. The second kappa shape index (κ2) is 7.02. The Morgan fingerprint density at radius 1 is 1.15 bits per heavy atom. The van der Waals surface area contributed by atoms with Crippen molar-refractivity contribution in [3.63, 3.8) is 0 Å². The molecule has 0 spiro atoms. The van der Waals surface area contributed by atoms with Gasteiger partial charge in [0.1, 0.15) is 11.5 Å². The van der Waals surface area contributed by atoms with E-state index in [9.17, 15) is 9.59 Å². The van der Waals surface area contributed by atoms with Gasteiger partial charge in [-0.15, -0.1) is 11.3 Å². The molecule has 0 unspecified atom stereocenters. The van der Waals surface area contributed by atoms with Crippen molar-refractivity contribution in [2.75, 3.05) is 0 Å². The van der Waals surface area contributed by atoms with E-state index in [4.69, 9.17) is 21.1 Å². The monoisotopic (exact) mass is 396 g/mol. The standard InChI is InChI=1S/C21H13ClO4S/c1-12-17(26-21(24)13-4-6-14(22)7-5-13)9-8-16-19(23)18(25-20(12)16)11-15-3-2-10-27-15/h2-11H,1H3/b18-11-. The number of carbonyl (C=O) groups is 2. The summed E-state index contributed by atoms with van der Waals surface area (Å²) in [5.74, 6) is 0.338. The number of ether oxygens (including phenoxy) is 2. The van der Waals surface area contributed by atoms with Crippen LogP contribution >= 0.6 is 22.9 Å². The van der Waals surface area contributed by atoms with Crippen LogP contribution in [-0.2, 0) is 0 Å². The highest BCUT2D eigenvalue weighted by atomic mass is 35.5. The highest BCUT2D eigenvalue weighted by Crippen LogP contribution is 2.39. The highest BCUT2D eigenvalue weighted by molar-refractivity contribution is 7.10. The van der Waals surface area contributed by atoms with E-state index in [0.717, 1.165) is 4.88 Å². The largest absolute Gasteiger partial charge is 0.452 e. The van der Waals surface area contributed by atoms with E-state index >= 15 is 0 Å². The van der Waals surface area contributed by atoms with Crippen molar-refractivity contribution in [1.82, 2.24) is 0 Å². The Morgan fingerprint density at radius 3 is 2.63 bits per heavy atom. The molecule has 0 N–H and O–H groups in total. The lowest BCUT2D eigenvalue weighted by molar-refractivity contribution is 0.0733. The number of esters is 1. The maximum absolute atomic E-state index is 12.6. The van der Waals surface area contributed by atoms with Gasteiger partial charge in [0.05, 0.1) is 11.1 Å². The minimum absolute atomic E-state index is 0.183. The quantitative estimate of drug-likeness (QED) is 0.331. The lowest BCUT2D eigenvalue weighted by Gasteiger charge is -2.10. The van der Waals surface area contributed by atoms with E-state index in [0.29, 0.717) is 33.2 Å². The molecule has 0 saturated heterocycles. The number of benzene rings is 2. The van der Waals surface area contributed by atoms with Crippen LogP contribution in [0.25, 0.3) is 6.08 Å². The van der Waals surface area contributed by atoms with Crippen molar-refractivity contribution in [3.8, 4) is 11.5 Å². The van der Waals surface area contributed by atoms with Gasteiger partial charge in [0.25, 0.3) is 0 Å². The summed E-state index contributed by atoms with van der Waals surface area (Å²) in [6, 6.07) is 13.5. The van der Waals surface area contributed by atoms with Crippen molar-refractivity contribution < 1.29 is 19.1 Å². The van der Waals surface area contributed by atoms with Gasteiger partial charge in [-0.25, -0.2) is 4.79 Å². The molecule has 134 valence electrons. The van der Waals surface area contributed by atoms with Crippen LogP contribution in [0.15, 0.2) is 59.7 Å². The molecule has 0 saturated carbocycles. The van der Waals surface area contributed by atoms with E-state index in [1.54, 1.807) is 49.4 Å². The van der Waals surface area contributed by atoms with E-state index in [2.05, 4.69) is 0 Å². The molecule has 2 aromatic carbocycles. The van der Waals surface area contributed by atoms with Gasteiger partial charge < -0.3 is 9.47 Å².